The van der Waals surface area contributed by atoms with Gasteiger partial charge in [0.05, 0.1) is 5.54 Å². The molecule has 1 saturated carbocycles. The predicted molar refractivity (Wildman–Crippen MR) is 73.8 cm³/mol. The van der Waals surface area contributed by atoms with Crippen LogP contribution in [0.3, 0.4) is 0 Å². The molecule has 1 amide bonds. The molecule has 1 unspecified atom stereocenters. The first-order valence-electron chi connectivity index (χ1n) is 7.14. The zero-order valence-electron chi connectivity index (χ0n) is 11.4. The summed E-state index contributed by atoms with van der Waals surface area (Å²) in [7, 11) is 0. The second kappa shape index (κ2) is 4.97. The Labute approximate surface area is 114 Å². The number of benzene rings is 1. The molecule has 3 nitrogen and oxygen atoms in total. The van der Waals surface area contributed by atoms with Crippen LogP contribution in [-0.4, -0.2) is 19.1 Å². The van der Waals surface area contributed by atoms with Gasteiger partial charge in [0.2, 0.25) is 5.91 Å². The molecule has 1 saturated heterocycles. The van der Waals surface area contributed by atoms with Crippen LogP contribution >= 0.6 is 0 Å². The van der Waals surface area contributed by atoms with Gasteiger partial charge < -0.3 is 10.1 Å². The number of carbonyl (C=O) groups is 1. The summed E-state index contributed by atoms with van der Waals surface area (Å²) in [5.41, 5.74) is 2.42. The van der Waals surface area contributed by atoms with Crippen molar-refractivity contribution in [1.82, 2.24) is 5.32 Å². The molecular formula is C16H21NO2. The van der Waals surface area contributed by atoms with Crippen molar-refractivity contribution in [1.29, 1.82) is 0 Å². The quantitative estimate of drug-likeness (QED) is 0.902. The molecule has 0 aromatic heterocycles. The number of amides is 1. The average molecular weight is 259 g/mol. The third-order valence-corrected chi connectivity index (χ3v) is 4.20. The number of nitrogens with one attached hydrogen (secondary N) is 1. The van der Waals surface area contributed by atoms with E-state index in [2.05, 4.69) is 36.5 Å². The maximum atomic E-state index is 12.1. The zero-order chi connectivity index (χ0) is 13.3. The molecule has 0 spiro atoms. The molecule has 1 heterocycles. The van der Waals surface area contributed by atoms with Crippen LogP contribution in [0.5, 0.6) is 0 Å². The molecule has 2 fully saturated rings. The highest BCUT2D eigenvalue weighted by molar-refractivity contribution is 5.78. The molecule has 3 heteroatoms. The van der Waals surface area contributed by atoms with Gasteiger partial charge in [-0.15, -0.1) is 0 Å². The van der Waals surface area contributed by atoms with E-state index >= 15 is 0 Å². The number of carbonyl (C=O) groups excluding carboxylic acids is 1. The van der Waals surface area contributed by atoms with Crippen LogP contribution in [0, 0.1) is 12.8 Å². The summed E-state index contributed by atoms with van der Waals surface area (Å²) in [5, 5.41) is 3.24. The normalized spacial score (nSPS) is 24.2. The predicted octanol–water partition coefficient (Wildman–Crippen LogP) is 2.53. The van der Waals surface area contributed by atoms with Crippen molar-refractivity contribution in [3.05, 3.63) is 35.4 Å². The molecule has 1 aromatic carbocycles. The van der Waals surface area contributed by atoms with Gasteiger partial charge in [0.25, 0.3) is 0 Å². The lowest BCUT2D eigenvalue weighted by Gasteiger charge is -2.19. The topological polar surface area (TPSA) is 38.3 Å². The van der Waals surface area contributed by atoms with Crippen LogP contribution in [0.2, 0.25) is 0 Å². The summed E-state index contributed by atoms with van der Waals surface area (Å²) in [5.74, 6) is 0.586. The van der Waals surface area contributed by atoms with Crippen molar-refractivity contribution in [2.75, 3.05) is 13.2 Å². The van der Waals surface area contributed by atoms with Gasteiger partial charge in [-0.1, -0.05) is 29.8 Å². The Balaban J connectivity index is 1.63. The fourth-order valence-corrected chi connectivity index (χ4v) is 2.88. The number of ether oxygens (including phenoxy) is 1. The number of hydrogen-bond donors (Lipinski definition) is 1. The maximum absolute atomic E-state index is 12.1. The van der Waals surface area contributed by atoms with E-state index < -0.39 is 0 Å². The summed E-state index contributed by atoms with van der Waals surface area (Å²) in [6.45, 7) is 3.64. The van der Waals surface area contributed by atoms with Crippen LogP contribution < -0.4 is 5.32 Å². The van der Waals surface area contributed by atoms with Gasteiger partial charge in [0, 0.05) is 19.6 Å². The summed E-state index contributed by atoms with van der Waals surface area (Å²) in [6, 6.07) is 8.48. The Morgan fingerprint density at radius 2 is 2.32 bits per heavy atom. The highest BCUT2D eigenvalue weighted by Crippen LogP contribution is 2.45. The van der Waals surface area contributed by atoms with Crippen molar-refractivity contribution >= 4 is 5.91 Å². The first-order chi connectivity index (χ1) is 9.18. The number of rotatable bonds is 4. The molecule has 102 valence electrons. The van der Waals surface area contributed by atoms with Gasteiger partial charge in [-0.2, -0.15) is 0 Å². The monoisotopic (exact) mass is 259 g/mol. The van der Waals surface area contributed by atoms with Crippen molar-refractivity contribution in [2.24, 2.45) is 5.92 Å². The van der Waals surface area contributed by atoms with Gasteiger partial charge in [-0.25, -0.2) is 0 Å². The Morgan fingerprint density at radius 1 is 1.47 bits per heavy atom. The SMILES string of the molecule is Cc1cccc(C2(NC(=O)CC3CCOC3)CC2)c1. The Hall–Kier alpha value is -1.35. The second-order valence-electron chi connectivity index (χ2n) is 5.93. The maximum Gasteiger partial charge on any atom is 0.221 e. The third-order valence-electron chi connectivity index (χ3n) is 4.20. The van der Waals surface area contributed by atoms with E-state index in [0.717, 1.165) is 32.5 Å². The largest absolute Gasteiger partial charge is 0.381 e. The van der Waals surface area contributed by atoms with E-state index in [1.807, 2.05) is 0 Å². The fourth-order valence-electron chi connectivity index (χ4n) is 2.88. The molecule has 1 aromatic rings. The minimum atomic E-state index is -0.0808. The van der Waals surface area contributed by atoms with E-state index in [1.165, 1.54) is 11.1 Å². The Bertz CT molecular complexity index is 473. The van der Waals surface area contributed by atoms with E-state index in [0.29, 0.717) is 12.3 Å². The lowest BCUT2D eigenvalue weighted by atomic mass is 10.0. The van der Waals surface area contributed by atoms with Crippen LogP contribution in [0.4, 0.5) is 0 Å². The highest BCUT2D eigenvalue weighted by atomic mass is 16.5. The molecule has 1 aliphatic carbocycles. The first kappa shape index (κ1) is 12.7. The molecule has 1 aliphatic heterocycles. The summed E-state index contributed by atoms with van der Waals surface area (Å²) >= 11 is 0. The molecule has 1 atom stereocenters. The van der Waals surface area contributed by atoms with Crippen LogP contribution in [0.25, 0.3) is 0 Å². The summed E-state index contributed by atoms with van der Waals surface area (Å²) < 4.78 is 5.32. The first-order valence-corrected chi connectivity index (χ1v) is 7.14. The van der Waals surface area contributed by atoms with Gasteiger partial charge in [-0.05, 0) is 37.7 Å². The van der Waals surface area contributed by atoms with Crippen molar-refractivity contribution in [3.63, 3.8) is 0 Å². The van der Waals surface area contributed by atoms with Gasteiger partial charge in [-0.3, -0.25) is 4.79 Å². The van der Waals surface area contributed by atoms with Crippen LogP contribution in [0.1, 0.15) is 36.8 Å². The van der Waals surface area contributed by atoms with E-state index in [-0.39, 0.29) is 11.4 Å². The molecule has 0 bridgehead atoms. The standard InChI is InChI=1S/C16H21NO2/c1-12-3-2-4-14(9-12)16(6-7-16)17-15(18)10-13-5-8-19-11-13/h2-4,9,13H,5-8,10-11H2,1H3,(H,17,18). The smallest absolute Gasteiger partial charge is 0.221 e. The van der Waals surface area contributed by atoms with E-state index in [4.69, 9.17) is 4.74 Å². The minimum Gasteiger partial charge on any atom is -0.381 e. The fraction of sp³-hybridized carbons (Fsp3) is 0.562. The lowest BCUT2D eigenvalue weighted by Crippen LogP contribution is -2.35. The van der Waals surface area contributed by atoms with Gasteiger partial charge in [0.1, 0.15) is 0 Å². The number of hydrogen-bond acceptors (Lipinski definition) is 2. The molecular weight excluding hydrogens is 238 g/mol. The number of aryl methyl sites for hydroxylation is 1. The van der Waals surface area contributed by atoms with E-state index in [9.17, 15) is 4.79 Å². The summed E-state index contributed by atoms with van der Waals surface area (Å²) in [6.07, 6.45) is 3.74. The lowest BCUT2D eigenvalue weighted by molar-refractivity contribution is -0.123. The molecule has 3 rings (SSSR count). The Kier molecular flexibility index (Phi) is 3.31. The molecule has 2 aliphatic rings. The van der Waals surface area contributed by atoms with Crippen molar-refractivity contribution in [2.45, 2.75) is 38.1 Å². The summed E-state index contributed by atoms with van der Waals surface area (Å²) in [4.78, 5) is 12.1. The van der Waals surface area contributed by atoms with Gasteiger partial charge >= 0.3 is 0 Å². The molecule has 0 radical (unpaired) electrons. The van der Waals surface area contributed by atoms with Crippen LogP contribution in [0.15, 0.2) is 24.3 Å². The van der Waals surface area contributed by atoms with Crippen LogP contribution in [-0.2, 0) is 15.1 Å². The van der Waals surface area contributed by atoms with Crippen molar-refractivity contribution in [3.8, 4) is 0 Å². The average Bonchev–Trinajstić information content (AvgIpc) is 2.97. The third kappa shape index (κ3) is 2.81. The van der Waals surface area contributed by atoms with E-state index in [1.54, 1.807) is 0 Å². The highest BCUT2D eigenvalue weighted by Gasteiger charge is 2.45. The zero-order valence-corrected chi connectivity index (χ0v) is 11.4. The van der Waals surface area contributed by atoms with Gasteiger partial charge in [0.15, 0.2) is 0 Å². The second-order valence-corrected chi connectivity index (χ2v) is 5.93. The van der Waals surface area contributed by atoms with Crippen molar-refractivity contribution < 1.29 is 9.53 Å². The molecule has 19 heavy (non-hydrogen) atoms. The Morgan fingerprint density at radius 3 is 2.95 bits per heavy atom. The minimum absolute atomic E-state index is 0.0808. The molecule has 1 N–H and O–H groups in total.